The molecular weight excluding hydrogens is 374 g/mol. The second-order valence-corrected chi connectivity index (χ2v) is 6.40. The molecule has 0 saturated heterocycles. The molecule has 24 heavy (non-hydrogen) atoms. The van der Waals surface area contributed by atoms with Crippen molar-refractivity contribution >= 4 is 21.9 Å². The van der Waals surface area contributed by atoms with Crippen molar-refractivity contribution in [2.45, 2.75) is 19.3 Å². The number of carbonyl (C=O) groups excluding carboxylic acids is 1. The molecule has 0 spiro atoms. The van der Waals surface area contributed by atoms with Crippen LogP contribution in [0.15, 0.2) is 46.9 Å². The zero-order valence-corrected chi connectivity index (χ0v) is 14.6. The number of esters is 1. The molecule has 1 aliphatic rings. The van der Waals surface area contributed by atoms with Gasteiger partial charge in [0.2, 0.25) is 0 Å². The third kappa shape index (κ3) is 3.95. The fourth-order valence-electron chi connectivity index (χ4n) is 2.45. The number of halogens is 1. The molecule has 2 aromatic rings. The van der Waals surface area contributed by atoms with E-state index in [1.807, 2.05) is 30.3 Å². The van der Waals surface area contributed by atoms with Gasteiger partial charge in [0.05, 0.1) is 29.3 Å². The highest BCUT2D eigenvalue weighted by molar-refractivity contribution is 9.10. The Balaban J connectivity index is 1.52. The van der Waals surface area contributed by atoms with Gasteiger partial charge in [-0.3, -0.25) is 0 Å². The summed E-state index contributed by atoms with van der Waals surface area (Å²) in [5, 5.41) is 0. The fourth-order valence-corrected chi connectivity index (χ4v) is 2.93. The molecule has 6 heteroatoms. The summed E-state index contributed by atoms with van der Waals surface area (Å²) in [6, 6.07) is 13.1. The van der Waals surface area contributed by atoms with E-state index in [-0.39, 0.29) is 25.2 Å². The van der Waals surface area contributed by atoms with Crippen LogP contribution in [-0.2, 0) is 22.7 Å². The molecule has 0 aromatic heterocycles. The number of rotatable bonds is 7. The predicted octanol–water partition coefficient (Wildman–Crippen LogP) is 3.04. The second kappa shape index (κ2) is 7.79. The van der Waals surface area contributed by atoms with E-state index in [1.165, 1.54) is 0 Å². The SMILES string of the molecule is N[C@@H](COCc1ccccc1)COc1c(Br)ccc2c1COC2=O. The fraction of sp³-hybridized carbons (Fsp3) is 0.278. The lowest BCUT2D eigenvalue weighted by molar-refractivity contribution is 0.0533. The van der Waals surface area contributed by atoms with E-state index in [0.29, 0.717) is 24.5 Å². The lowest BCUT2D eigenvalue weighted by Gasteiger charge is -2.16. The monoisotopic (exact) mass is 391 g/mol. The summed E-state index contributed by atoms with van der Waals surface area (Å²) < 4.78 is 17.2. The van der Waals surface area contributed by atoms with Crippen molar-refractivity contribution in [3.05, 3.63) is 63.6 Å². The Hall–Kier alpha value is -1.89. The first-order valence-corrected chi connectivity index (χ1v) is 8.43. The van der Waals surface area contributed by atoms with Crippen molar-refractivity contribution in [2.75, 3.05) is 13.2 Å². The summed E-state index contributed by atoms with van der Waals surface area (Å²) in [6.07, 6.45) is 0. The molecule has 0 unspecified atom stereocenters. The van der Waals surface area contributed by atoms with Crippen molar-refractivity contribution in [1.82, 2.24) is 0 Å². The zero-order valence-electron chi connectivity index (χ0n) is 13.0. The molecule has 0 radical (unpaired) electrons. The first-order valence-electron chi connectivity index (χ1n) is 7.63. The number of fused-ring (bicyclic) bond motifs is 1. The summed E-state index contributed by atoms with van der Waals surface area (Å²) in [6.45, 7) is 1.42. The Morgan fingerprint density at radius 3 is 2.75 bits per heavy atom. The normalized spacial score (nSPS) is 14.2. The maximum Gasteiger partial charge on any atom is 0.339 e. The minimum atomic E-state index is -0.321. The molecule has 1 atom stereocenters. The number of hydrogen-bond acceptors (Lipinski definition) is 5. The molecule has 1 heterocycles. The Labute approximate surface area is 148 Å². The largest absolute Gasteiger partial charge is 0.490 e. The Morgan fingerprint density at radius 1 is 1.17 bits per heavy atom. The second-order valence-electron chi connectivity index (χ2n) is 5.55. The third-order valence-electron chi connectivity index (χ3n) is 3.67. The van der Waals surface area contributed by atoms with E-state index in [2.05, 4.69) is 15.9 Å². The maximum atomic E-state index is 11.6. The van der Waals surface area contributed by atoms with Gasteiger partial charge in [0, 0.05) is 5.56 Å². The number of cyclic esters (lactones) is 1. The van der Waals surface area contributed by atoms with E-state index in [0.717, 1.165) is 15.6 Å². The number of ether oxygens (including phenoxy) is 3. The number of benzene rings is 2. The molecule has 3 rings (SSSR count). The van der Waals surface area contributed by atoms with E-state index in [9.17, 15) is 4.79 Å². The van der Waals surface area contributed by atoms with E-state index in [1.54, 1.807) is 12.1 Å². The van der Waals surface area contributed by atoms with E-state index < -0.39 is 0 Å². The number of carbonyl (C=O) groups is 1. The number of nitrogens with two attached hydrogens (primary N) is 1. The Kier molecular flexibility index (Phi) is 5.50. The average molecular weight is 392 g/mol. The molecule has 1 aliphatic heterocycles. The van der Waals surface area contributed by atoms with E-state index in [4.69, 9.17) is 19.9 Å². The van der Waals surface area contributed by atoms with Crippen LogP contribution in [0.25, 0.3) is 0 Å². The van der Waals surface area contributed by atoms with Crippen molar-refractivity contribution in [3.8, 4) is 5.75 Å². The highest BCUT2D eigenvalue weighted by atomic mass is 79.9. The van der Waals surface area contributed by atoms with Crippen LogP contribution in [0, 0.1) is 0 Å². The lowest BCUT2D eigenvalue weighted by atomic mass is 10.1. The standard InChI is InChI=1S/C18H18BrNO4/c19-16-7-6-14-15(11-24-18(14)21)17(16)23-10-13(20)9-22-8-12-4-2-1-3-5-12/h1-7,13H,8-11,20H2/t13-/m0/s1. The van der Waals surface area contributed by atoms with Crippen LogP contribution in [0.3, 0.4) is 0 Å². The quantitative estimate of drug-likeness (QED) is 0.734. The summed E-state index contributed by atoms with van der Waals surface area (Å²) in [4.78, 5) is 11.6. The van der Waals surface area contributed by atoms with Crippen LogP contribution in [0.1, 0.15) is 21.5 Å². The van der Waals surface area contributed by atoms with Crippen LogP contribution in [0.4, 0.5) is 0 Å². The smallest absolute Gasteiger partial charge is 0.339 e. The molecule has 0 bridgehead atoms. The maximum absolute atomic E-state index is 11.6. The Bertz CT molecular complexity index is 720. The van der Waals surface area contributed by atoms with Crippen molar-refractivity contribution in [1.29, 1.82) is 0 Å². The van der Waals surface area contributed by atoms with Gasteiger partial charge in [-0.25, -0.2) is 4.79 Å². The highest BCUT2D eigenvalue weighted by Gasteiger charge is 2.26. The molecule has 126 valence electrons. The van der Waals surface area contributed by atoms with Gasteiger partial charge in [0.1, 0.15) is 19.0 Å². The third-order valence-corrected chi connectivity index (χ3v) is 4.29. The molecule has 0 aliphatic carbocycles. The van der Waals surface area contributed by atoms with Crippen LogP contribution >= 0.6 is 15.9 Å². The van der Waals surface area contributed by atoms with Crippen LogP contribution in [0.2, 0.25) is 0 Å². The minimum Gasteiger partial charge on any atom is -0.490 e. The lowest BCUT2D eigenvalue weighted by Crippen LogP contribution is -2.33. The van der Waals surface area contributed by atoms with Crippen molar-refractivity contribution in [2.24, 2.45) is 5.73 Å². The average Bonchev–Trinajstić information content (AvgIpc) is 2.96. The summed E-state index contributed by atoms with van der Waals surface area (Å²) in [5.41, 5.74) is 8.45. The first kappa shape index (κ1) is 17.0. The predicted molar refractivity (Wildman–Crippen MR) is 92.8 cm³/mol. The molecule has 5 nitrogen and oxygen atoms in total. The van der Waals surface area contributed by atoms with Gasteiger partial charge in [-0.2, -0.15) is 0 Å². The molecule has 0 saturated carbocycles. The van der Waals surface area contributed by atoms with Gasteiger partial charge in [-0.05, 0) is 33.6 Å². The van der Waals surface area contributed by atoms with Gasteiger partial charge in [0.15, 0.2) is 0 Å². The topological polar surface area (TPSA) is 70.8 Å². The van der Waals surface area contributed by atoms with Crippen molar-refractivity contribution < 1.29 is 19.0 Å². The zero-order chi connectivity index (χ0) is 16.9. The highest BCUT2D eigenvalue weighted by Crippen LogP contribution is 2.35. The molecular formula is C18H18BrNO4. The summed E-state index contributed by atoms with van der Waals surface area (Å²) in [7, 11) is 0. The van der Waals surface area contributed by atoms with Crippen LogP contribution < -0.4 is 10.5 Å². The first-order chi connectivity index (χ1) is 11.6. The summed E-state index contributed by atoms with van der Waals surface area (Å²) in [5.74, 6) is 0.287. The van der Waals surface area contributed by atoms with Gasteiger partial charge in [-0.1, -0.05) is 30.3 Å². The summed E-state index contributed by atoms with van der Waals surface area (Å²) >= 11 is 3.44. The van der Waals surface area contributed by atoms with Crippen molar-refractivity contribution in [3.63, 3.8) is 0 Å². The molecule has 2 N–H and O–H groups in total. The minimum absolute atomic E-state index is 0.225. The van der Waals surface area contributed by atoms with Crippen LogP contribution in [-0.4, -0.2) is 25.2 Å². The van der Waals surface area contributed by atoms with Gasteiger partial charge < -0.3 is 19.9 Å². The van der Waals surface area contributed by atoms with Gasteiger partial charge >= 0.3 is 5.97 Å². The Morgan fingerprint density at radius 2 is 1.96 bits per heavy atom. The van der Waals surface area contributed by atoms with E-state index >= 15 is 0 Å². The number of hydrogen-bond donors (Lipinski definition) is 1. The van der Waals surface area contributed by atoms with Gasteiger partial charge in [-0.15, -0.1) is 0 Å². The van der Waals surface area contributed by atoms with Gasteiger partial charge in [0.25, 0.3) is 0 Å². The van der Waals surface area contributed by atoms with Crippen LogP contribution in [0.5, 0.6) is 5.75 Å². The molecule has 0 amide bonds. The molecule has 2 aromatic carbocycles. The molecule has 0 fully saturated rings.